The fraction of sp³-hybridized carbons (Fsp3) is 0.409. The number of hydrogen-bond acceptors (Lipinski definition) is 3. The maximum Gasteiger partial charge on any atom is 0.124 e. The van der Waals surface area contributed by atoms with Crippen molar-refractivity contribution in [2.75, 3.05) is 14.2 Å². The molecule has 0 radical (unpaired) electrons. The third kappa shape index (κ3) is 4.22. The van der Waals surface area contributed by atoms with E-state index in [2.05, 4.69) is 38.1 Å². The van der Waals surface area contributed by atoms with Crippen molar-refractivity contribution in [3.8, 4) is 11.5 Å². The van der Waals surface area contributed by atoms with Crippen LogP contribution in [0.2, 0.25) is 0 Å². The van der Waals surface area contributed by atoms with Crippen LogP contribution >= 0.6 is 0 Å². The highest BCUT2D eigenvalue weighted by Gasteiger charge is 2.17. The molecular weight excluding hydrogens is 310 g/mol. The highest BCUT2D eigenvalue weighted by atomic mass is 16.5. The van der Waals surface area contributed by atoms with Crippen molar-refractivity contribution in [2.45, 2.75) is 47.0 Å². The van der Waals surface area contributed by atoms with Gasteiger partial charge in [0.05, 0.1) is 19.9 Å². The summed E-state index contributed by atoms with van der Waals surface area (Å²) in [5.74, 6) is 1.83. The van der Waals surface area contributed by atoms with Gasteiger partial charge in [-0.15, -0.1) is 0 Å². The molecule has 25 heavy (non-hydrogen) atoms. The number of ether oxygens (including phenoxy) is 2. The van der Waals surface area contributed by atoms with Crippen LogP contribution in [0.15, 0.2) is 35.3 Å². The highest BCUT2D eigenvalue weighted by molar-refractivity contribution is 6.04. The maximum absolute atomic E-state index is 5.44. The van der Waals surface area contributed by atoms with Crippen LogP contribution in [0.25, 0.3) is 0 Å². The van der Waals surface area contributed by atoms with E-state index in [-0.39, 0.29) is 0 Å². The van der Waals surface area contributed by atoms with Gasteiger partial charge in [0.25, 0.3) is 0 Å². The van der Waals surface area contributed by atoms with Crippen molar-refractivity contribution in [1.82, 2.24) is 0 Å². The zero-order valence-corrected chi connectivity index (χ0v) is 16.3. The van der Waals surface area contributed by atoms with E-state index in [1.807, 2.05) is 19.9 Å². The van der Waals surface area contributed by atoms with Gasteiger partial charge in [-0.3, -0.25) is 4.99 Å². The van der Waals surface area contributed by atoms with E-state index in [1.54, 1.807) is 14.2 Å². The van der Waals surface area contributed by atoms with Crippen molar-refractivity contribution in [2.24, 2.45) is 4.99 Å². The Morgan fingerprint density at radius 2 is 1.56 bits per heavy atom. The van der Waals surface area contributed by atoms with Gasteiger partial charge in [0.15, 0.2) is 0 Å². The first-order valence-electron chi connectivity index (χ1n) is 9.02. The quantitative estimate of drug-likeness (QED) is 0.707. The first-order chi connectivity index (χ1) is 12.1. The third-order valence-electron chi connectivity index (χ3n) is 4.40. The Bertz CT molecular complexity index is 740. The molecule has 2 aromatic rings. The smallest absolute Gasteiger partial charge is 0.124 e. The fourth-order valence-corrected chi connectivity index (χ4v) is 3.34. The number of nitrogens with zero attached hydrogens (tertiary/aromatic N) is 1. The van der Waals surface area contributed by atoms with Crippen LogP contribution in [-0.2, 0) is 6.42 Å². The number of aryl methyl sites for hydroxylation is 3. The molecular formula is C22H29NO2. The third-order valence-corrected chi connectivity index (χ3v) is 4.40. The summed E-state index contributed by atoms with van der Waals surface area (Å²) in [5.41, 5.74) is 6.96. The summed E-state index contributed by atoms with van der Waals surface area (Å²) in [7, 11) is 3.42. The number of methoxy groups -OCH3 is 2. The summed E-state index contributed by atoms with van der Waals surface area (Å²) in [4.78, 5) is 4.94. The van der Waals surface area contributed by atoms with E-state index < -0.39 is 0 Å². The van der Waals surface area contributed by atoms with Gasteiger partial charge >= 0.3 is 0 Å². The van der Waals surface area contributed by atoms with Crippen molar-refractivity contribution in [3.05, 3.63) is 52.6 Å². The molecule has 0 saturated heterocycles. The Hall–Kier alpha value is -2.29. The Balaban J connectivity index is 0.00000109. The maximum atomic E-state index is 5.44. The van der Waals surface area contributed by atoms with Crippen LogP contribution in [0.4, 0.5) is 5.69 Å². The second kappa shape index (κ2) is 8.70. The Labute approximate surface area is 151 Å². The minimum absolute atomic E-state index is 0.889. The van der Waals surface area contributed by atoms with Gasteiger partial charge in [0, 0.05) is 11.3 Å². The first-order valence-corrected chi connectivity index (χ1v) is 9.02. The lowest BCUT2D eigenvalue weighted by atomic mass is 9.89. The van der Waals surface area contributed by atoms with Crippen LogP contribution in [0.1, 0.15) is 48.9 Å². The van der Waals surface area contributed by atoms with Crippen LogP contribution in [0, 0.1) is 13.8 Å². The second-order valence-electron chi connectivity index (χ2n) is 6.05. The molecule has 0 amide bonds. The van der Waals surface area contributed by atoms with E-state index in [1.165, 1.54) is 11.1 Å². The van der Waals surface area contributed by atoms with Gasteiger partial charge in [-0.2, -0.15) is 0 Å². The Kier molecular flexibility index (Phi) is 6.63. The number of benzene rings is 2. The van der Waals surface area contributed by atoms with E-state index in [0.29, 0.717) is 0 Å². The number of aliphatic imine (C=N–C) groups is 1. The SMILES string of the molecule is CC.COc1ccc2c(c1)C(=Nc1cc(C)c(OC)c(C)c1)CCC2. The first kappa shape index (κ1) is 19.0. The summed E-state index contributed by atoms with van der Waals surface area (Å²) in [5, 5.41) is 0. The van der Waals surface area contributed by atoms with Gasteiger partial charge in [-0.25, -0.2) is 0 Å². The van der Waals surface area contributed by atoms with Crippen molar-refractivity contribution < 1.29 is 9.47 Å². The van der Waals surface area contributed by atoms with Gasteiger partial charge < -0.3 is 9.47 Å². The van der Waals surface area contributed by atoms with Gasteiger partial charge in [0.2, 0.25) is 0 Å². The Morgan fingerprint density at radius 3 is 2.16 bits per heavy atom. The van der Waals surface area contributed by atoms with Gasteiger partial charge in [0.1, 0.15) is 11.5 Å². The molecule has 0 aromatic heterocycles. The Morgan fingerprint density at radius 1 is 0.880 bits per heavy atom. The molecule has 2 aromatic carbocycles. The summed E-state index contributed by atoms with van der Waals surface area (Å²) in [6.07, 6.45) is 3.26. The molecule has 0 saturated carbocycles. The summed E-state index contributed by atoms with van der Waals surface area (Å²) < 4.78 is 10.8. The summed E-state index contributed by atoms with van der Waals surface area (Å²) >= 11 is 0. The molecule has 3 heteroatoms. The van der Waals surface area contributed by atoms with Crippen LogP contribution < -0.4 is 9.47 Å². The van der Waals surface area contributed by atoms with E-state index >= 15 is 0 Å². The molecule has 0 N–H and O–H groups in total. The van der Waals surface area contributed by atoms with E-state index in [9.17, 15) is 0 Å². The van der Waals surface area contributed by atoms with E-state index in [4.69, 9.17) is 14.5 Å². The monoisotopic (exact) mass is 339 g/mol. The van der Waals surface area contributed by atoms with Gasteiger partial charge in [-0.1, -0.05) is 19.9 Å². The molecule has 3 rings (SSSR count). The number of rotatable bonds is 3. The largest absolute Gasteiger partial charge is 0.497 e. The normalized spacial score (nSPS) is 14.4. The highest BCUT2D eigenvalue weighted by Crippen LogP contribution is 2.31. The molecule has 3 nitrogen and oxygen atoms in total. The van der Waals surface area contributed by atoms with Crippen LogP contribution in [0.3, 0.4) is 0 Å². The fourth-order valence-electron chi connectivity index (χ4n) is 3.34. The van der Waals surface area contributed by atoms with Crippen molar-refractivity contribution >= 4 is 11.4 Å². The molecule has 0 atom stereocenters. The average Bonchev–Trinajstić information content (AvgIpc) is 2.63. The predicted octanol–water partition coefficient (Wildman–Crippen LogP) is 5.80. The zero-order chi connectivity index (χ0) is 18.4. The lowest BCUT2D eigenvalue weighted by Crippen LogP contribution is -2.11. The second-order valence-corrected chi connectivity index (χ2v) is 6.05. The molecule has 0 unspecified atom stereocenters. The minimum Gasteiger partial charge on any atom is -0.497 e. The van der Waals surface area contributed by atoms with Gasteiger partial charge in [-0.05, 0) is 74.1 Å². The number of hydrogen-bond donors (Lipinski definition) is 0. The molecule has 1 aliphatic carbocycles. The lowest BCUT2D eigenvalue weighted by Gasteiger charge is -2.19. The zero-order valence-electron chi connectivity index (χ0n) is 16.3. The summed E-state index contributed by atoms with van der Waals surface area (Å²) in [6.45, 7) is 8.13. The molecule has 0 heterocycles. The predicted molar refractivity (Wildman–Crippen MR) is 106 cm³/mol. The molecule has 0 aliphatic heterocycles. The number of fused-ring (bicyclic) bond motifs is 1. The lowest BCUT2D eigenvalue weighted by molar-refractivity contribution is 0.408. The molecule has 0 bridgehead atoms. The molecule has 134 valence electrons. The standard InChI is InChI=1S/C20H23NO2.C2H6/c1-13-10-16(11-14(2)20(13)23-4)21-19-7-5-6-15-8-9-17(22-3)12-18(15)19;1-2/h8-12H,5-7H2,1-4H3;1-2H3. The topological polar surface area (TPSA) is 30.8 Å². The average molecular weight is 339 g/mol. The van der Waals surface area contributed by atoms with E-state index in [0.717, 1.165) is 53.3 Å². The van der Waals surface area contributed by atoms with Crippen molar-refractivity contribution in [3.63, 3.8) is 0 Å². The minimum atomic E-state index is 0.889. The molecule has 1 aliphatic rings. The summed E-state index contributed by atoms with van der Waals surface area (Å²) in [6, 6.07) is 10.5. The molecule has 0 spiro atoms. The molecule has 0 fully saturated rings. The van der Waals surface area contributed by atoms with Crippen LogP contribution in [-0.4, -0.2) is 19.9 Å². The van der Waals surface area contributed by atoms with Crippen molar-refractivity contribution in [1.29, 1.82) is 0 Å². The van der Waals surface area contributed by atoms with Crippen LogP contribution in [0.5, 0.6) is 11.5 Å².